The lowest BCUT2D eigenvalue weighted by Gasteiger charge is -2.30. The van der Waals surface area contributed by atoms with Crippen molar-refractivity contribution in [1.82, 2.24) is 10.2 Å². The number of benzene rings is 2. The third kappa shape index (κ3) is 7.78. The molecule has 0 heterocycles. The first kappa shape index (κ1) is 26.7. The van der Waals surface area contributed by atoms with Crippen molar-refractivity contribution in [3.05, 3.63) is 66.0 Å². The van der Waals surface area contributed by atoms with Crippen molar-refractivity contribution < 1.29 is 22.4 Å². The zero-order valence-electron chi connectivity index (χ0n) is 20.3. The first-order chi connectivity index (χ1) is 16.6. The Morgan fingerprint density at radius 2 is 1.69 bits per heavy atom. The molecule has 0 unspecified atom stereocenters. The third-order valence-electron chi connectivity index (χ3n) is 6.33. The standard InChI is InChI=1S/C26H34FN3O4S/c1-20(26(32)28-23-11-6-7-12-23)29(19-21-9-4-3-5-10-21)25(31)13-8-18-30(35(2,33)34)24-16-14-22(27)15-17-24/h3-5,9-10,14-17,20,23H,6-8,11-13,18-19H2,1-2H3,(H,28,32)/t20-/m1/s1. The monoisotopic (exact) mass is 503 g/mol. The van der Waals surface area contributed by atoms with Crippen LogP contribution in [-0.4, -0.2) is 50.0 Å². The molecule has 9 heteroatoms. The highest BCUT2D eigenvalue weighted by Gasteiger charge is 2.28. The summed E-state index contributed by atoms with van der Waals surface area (Å²) >= 11 is 0. The average Bonchev–Trinajstić information content (AvgIpc) is 3.33. The number of hydrogen-bond acceptors (Lipinski definition) is 4. The largest absolute Gasteiger partial charge is 0.352 e. The summed E-state index contributed by atoms with van der Waals surface area (Å²) < 4.78 is 39.1. The van der Waals surface area contributed by atoms with Gasteiger partial charge in [0, 0.05) is 25.6 Å². The summed E-state index contributed by atoms with van der Waals surface area (Å²) in [6.45, 7) is 2.08. The molecule has 0 bridgehead atoms. The van der Waals surface area contributed by atoms with Crippen LogP contribution in [0.15, 0.2) is 54.6 Å². The number of hydrogen-bond donors (Lipinski definition) is 1. The van der Waals surface area contributed by atoms with Crippen LogP contribution in [0.4, 0.5) is 10.1 Å². The van der Waals surface area contributed by atoms with Gasteiger partial charge in [0.05, 0.1) is 11.9 Å². The summed E-state index contributed by atoms with van der Waals surface area (Å²) in [5.74, 6) is -0.862. The third-order valence-corrected chi connectivity index (χ3v) is 7.53. The van der Waals surface area contributed by atoms with Crippen molar-refractivity contribution in [3.8, 4) is 0 Å². The van der Waals surface area contributed by atoms with E-state index >= 15 is 0 Å². The summed E-state index contributed by atoms with van der Waals surface area (Å²) in [6, 6.07) is 14.1. The topological polar surface area (TPSA) is 86.8 Å². The zero-order chi connectivity index (χ0) is 25.4. The van der Waals surface area contributed by atoms with Gasteiger partial charge in [0.1, 0.15) is 11.9 Å². The summed E-state index contributed by atoms with van der Waals surface area (Å²) in [7, 11) is -3.62. The first-order valence-electron chi connectivity index (χ1n) is 12.0. The average molecular weight is 504 g/mol. The van der Waals surface area contributed by atoms with Gasteiger partial charge in [-0.1, -0.05) is 43.2 Å². The number of carbonyl (C=O) groups is 2. The van der Waals surface area contributed by atoms with Crippen molar-refractivity contribution in [2.75, 3.05) is 17.1 Å². The molecule has 2 aromatic carbocycles. The maximum atomic E-state index is 13.3. The van der Waals surface area contributed by atoms with Crippen LogP contribution in [0.5, 0.6) is 0 Å². The van der Waals surface area contributed by atoms with E-state index in [0.29, 0.717) is 5.69 Å². The smallest absolute Gasteiger partial charge is 0.242 e. The molecule has 2 aromatic rings. The van der Waals surface area contributed by atoms with Crippen LogP contribution >= 0.6 is 0 Å². The van der Waals surface area contributed by atoms with Crippen molar-refractivity contribution in [1.29, 1.82) is 0 Å². The summed E-state index contributed by atoms with van der Waals surface area (Å²) in [4.78, 5) is 27.8. The normalized spacial score (nSPS) is 14.9. The van der Waals surface area contributed by atoms with E-state index in [1.807, 2.05) is 30.3 Å². The maximum Gasteiger partial charge on any atom is 0.242 e. The van der Waals surface area contributed by atoms with Gasteiger partial charge in [0.2, 0.25) is 21.8 Å². The molecule has 0 saturated heterocycles. The summed E-state index contributed by atoms with van der Waals surface area (Å²) in [5, 5.41) is 3.07. The molecule has 0 radical (unpaired) electrons. The lowest BCUT2D eigenvalue weighted by atomic mass is 10.1. The molecular weight excluding hydrogens is 469 g/mol. The Balaban J connectivity index is 1.68. The molecular formula is C26H34FN3O4S. The van der Waals surface area contributed by atoms with Gasteiger partial charge in [-0.25, -0.2) is 12.8 Å². The second-order valence-electron chi connectivity index (χ2n) is 9.09. The minimum Gasteiger partial charge on any atom is -0.352 e. The molecule has 2 amide bonds. The number of carbonyl (C=O) groups excluding carboxylic acids is 2. The van der Waals surface area contributed by atoms with E-state index in [-0.39, 0.29) is 43.8 Å². The molecule has 3 rings (SSSR count). The number of nitrogens with one attached hydrogen (secondary N) is 1. The number of nitrogens with zero attached hydrogens (tertiary/aromatic N) is 2. The van der Waals surface area contributed by atoms with Gasteiger partial charge in [0.25, 0.3) is 0 Å². The summed E-state index contributed by atoms with van der Waals surface area (Å²) in [5.41, 5.74) is 1.25. The van der Waals surface area contributed by atoms with Crippen molar-refractivity contribution >= 4 is 27.5 Å². The number of halogens is 1. The molecule has 0 aromatic heterocycles. The predicted octanol–water partition coefficient (Wildman–Crippen LogP) is 3.85. The van der Waals surface area contributed by atoms with Gasteiger partial charge in [-0.3, -0.25) is 13.9 Å². The number of anilines is 1. The lowest BCUT2D eigenvalue weighted by Crippen LogP contribution is -2.49. The fraction of sp³-hybridized carbons (Fsp3) is 0.462. The van der Waals surface area contributed by atoms with Crippen molar-refractivity contribution in [2.24, 2.45) is 0 Å². The van der Waals surface area contributed by atoms with Gasteiger partial charge < -0.3 is 10.2 Å². The van der Waals surface area contributed by atoms with Crippen LogP contribution < -0.4 is 9.62 Å². The number of sulfonamides is 1. The Labute approximate surface area is 207 Å². The van der Waals surface area contributed by atoms with Crippen molar-refractivity contribution in [3.63, 3.8) is 0 Å². The van der Waals surface area contributed by atoms with E-state index in [9.17, 15) is 22.4 Å². The van der Waals surface area contributed by atoms with E-state index in [4.69, 9.17) is 0 Å². The molecule has 1 saturated carbocycles. The second-order valence-corrected chi connectivity index (χ2v) is 11.0. The van der Waals surface area contributed by atoms with Crippen LogP contribution in [0.25, 0.3) is 0 Å². The minimum absolute atomic E-state index is 0.0675. The van der Waals surface area contributed by atoms with Crippen LogP contribution in [0.2, 0.25) is 0 Å². The highest BCUT2D eigenvalue weighted by atomic mass is 32.2. The van der Waals surface area contributed by atoms with E-state index in [2.05, 4.69) is 5.32 Å². The molecule has 190 valence electrons. The van der Waals surface area contributed by atoms with Crippen LogP contribution in [-0.2, 0) is 26.2 Å². The lowest BCUT2D eigenvalue weighted by molar-refractivity contribution is -0.141. The molecule has 0 aliphatic heterocycles. The highest BCUT2D eigenvalue weighted by molar-refractivity contribution is 7.92. The summed E-state index contributed by atoms with van der Waals surface area (Å²) in [6.07, 6.45) is 5.50. The van der Waals surface area contributed by atoms with Crippen LogP contribution in [0.3, 0.4) is 0 Å². The van der Waals surface area contributed by atoms with Crippen molar-refractivity contribution in [2.45, 2.75) is 64.1 Å². The highest BCUT2D eigenvalue weighted by Crippen LogP contribution is 2.21. The minimum atomic E-state index is -3.62. The van der Waals surface area contributed by atoms with Crippen LogP contribution in [0, 0.1) is 5.82 Å². The molecule has 7 nitrogen and oxygen atoms in total. The Kier molecular flexibility index (Phi) is 9.26. The molecule has 0 spiro atoms. The van der Waals surface area contributed by atoms with E-state index in [1.165, 1.54) is 24.3 Å². The fourth-order valence-electron chi connectivity index (χ4n) is 4.37. The molecule has 1 aliphatic carbocycles. The van der Waals surface area contributed by atoms with Crippen LogP contribution in [0.1, 0.15) is 51.0 Å². The van der Waals surface area contributed by atoms with Gasteiger partial charge in [-0.2, -0.15) is 0 Å². The van der Waals surface area contributed by atoms with E-state index in [1.54, 1.807) is 11.8 Å². The Morgan fingerprint density at radius 3 is 2.29 bits per heavy atom. The second kappa shape index (κ2) is 12.2. The zero-order valence-corrected chi connectivity index (χ0v) is 21.1. The Hall–Kier alpha value is -2.94. The maximum absolute atomic E-state index is 13.3. The SMILES string of the molecule is C[C@H](C(=O)NC1CCCC1)N(Cc1ccccc1)C(=O)CCCN(c1ccc(F)cc1)S(C)(=O)=O. The Bertz CT molecular complexity index is 1090. The fourth-order valence-corrected chi connectivity index (χ4v) is 5.33. The quantitative estimate of drug-likeness (QED) is 0.505. The molecule has 35 heavy (non-hydrogen) atoms. The van der Waals surface area contributed by atoms with Gasteiger partial charge in [-0.05, 0) is 56.0 Å². The van der Waals surface area contributed by atoms with Gasteiger partial charge in [0.15, 0.2) is 0 Å². The van der Waals surface area contributed by atoms with Gasteiger partial charge in [-0.15, -0.1) is 0 Å². The number of rotatable bonds is 11. The van der Waals surface area contributed by atoms with E-state index < -0.39 is 21.9 Å². The molecule has 1 aliphatic rings. The number of amides is 2. The predicted molar refractivity (Wildman–Crippen MR) is 135 cm³/mol. The molecule has 1 atom stereocenters. The Morgan fingerprint density at radius 1 is 1.06 bits per heavy atom. The molecule has 1 N–H and O–H groups in total. The first-order valence-corrected chi connectivity index (χ1v) is 13.9. The van der Waals surface area contributed by atoms with E-state index in [0.717, 1.165) is 41.8 Å². The van der Waals surface area contributed by atoms with Gasteiger partial charge >= 0.3 is 0 Å². The molecule has 1 fully saturated rings.